The Morgan fingerprint density at radius 3 is 2.81 bits per heavy atom. The molecule has 2 aromatic rings. The number of esters is 1. The number of methoxy groups -OCH3 is 1. The van der Waals surface area contributed by atoms with E-state index in [1.165, 1.54) is 7.11 Å². The van der Waals surface area contributed by atoms with Crippen LogP contribution in [0.2, 0.25) is 0 Å². The van der Waals surface area contributed by atoms with Gasteiger partial charge < -0.3 is 9.26 Å². The minimum absolute atomic E-state index is 0.186. The molecule has 0 saturated carbocycles. The summed E-state index contributed by atoms with van der Waals surface area (Å²) in [7, 11) is 3.35. The van der Waals surface area contributed by atoms with Crippen molar-refractivity contribution in [2.24, 2.45) is 0 Å². The van der Waals surface area contributed by atoms with Gasteiger partial charge in [-0.3, -0.25) is 9.69 Å². The summed E-state index contributed by atoms with van der Waals surface area (Å²) in [5.74, 6) is 0.970. The van der Waals surface area contributed by atoms with E-state index in [4.69, 9.17) is 4.52 Å². The first-order valence-corrected chi connectivity index (χ1v) is 6.82. The predicted molar refractivity (Wildman–Crippen MR) is 77.3 cm³/mol. The minimum atomic E-state index is -0.186. The topological polar surface area (TPSA) is 68.5 Å². The molecule has 2 rings (SSSR count). The van der Waals surface area contributed by atoms with E-state index in [2.05, 4.69) is 14.9 Å². The van der Waals surface area contributed by atoms with Gasteiger partial charge in [0.2, 0.25) is 0 Å². The van der Waals surface area contributed by atoms with Crippen LogP contribution in [0.15, 0.2) is 34.9 Å². The van der Waals surface area contributed by atoms with Crippen molar-refractivity contribution in [1.29, 1.82) is 0 Å². The number of aromatic nitrogens is 2. The Hall–Kier alpha value is -2.21. The fraction of sp³-hybridized carbons (Fsp3) is 0.400. The first kappa shape index (κ1) is 15.2. The number of hydrogen-bond donors (Lipinski definition) is 0. The third-order valence-electron chi connectivity index (χ3n) is 3.05. The molecule has 112 valence electrons. The first-order valence-electron chi connectivity index (χ1n) is 6.82. The molecule has 21 heavy (non-hydrogen) atoms. The molecule has 0 radical (unpaired) electrons. The van der Waals surface area contributed by atoms with Crippen molar-refractivity contribution in [3.05, 3.63) is 36.2 Å². The van der Waals surface area contributed by atoms with Crippen LogP contribution in [0, 0.1) is 0 Å². The number of carbonyl (C=O) groups is 1. The van der Waals surface area contributed by atoms with Gasteiger partial charge in [-0.25, -0.2) is 0 Å². The van der Waals surface area contributed by atoms with Gasteiger partial charge in [0.15, 0.2) is 5.82 Å². The van der Waals surface area contributed by atoms with Crippen LogP contribution in [-0.4, -0.2) is 41.7 Å². The average Bonchev–Trinajstić information content (AvgIpc) is 2.96. The van der Waals surface area contributed by atoms with Crippen molar-refractivity contribution in [1.82, 2.24) is 15.0 Å². The summed E-state index contributed by atoms with van der Waals surface area (Å²) >= 11 is 0. The summed E-state index contributed by atoms with van der Waals surface area (Å²) < 4.78 is 9.86. The van der Waals surface area contributed by atoms with Crippen molar-refractivity contribution in [3.63, 3.8) is 0 Å². The van der Waals surface area contributed by atoms with Crippen molar-refractivity contribution < 1.29 is 14.1 Å². The summed E-state index contributed by atoms with van der Waals surface area (Å²) in [5.41, 5.74) is 0.907. The summed E-state index contributed by atoms with van der Waals surface area (Å²) in [6.07, 6.45) is 1.16. The molecule has 0 atom stereocenters. The van der Waals surface area contributed by atoms with E-state index in [0.717, 1.165) is 18.5 Å². The molecule has 1 heterocycles. The van der Waals surface area contributed by atoms with Gasteiger partial charge in [-0.1, -0.05) is 23.4 Å². The van der Waals surface area contributed by atoms with Gasteiger partial charge >= 0.3 is 5.97 Å². The lowest BCUT2D eigenvalue weighted by Gasteiger charge is -2.13. The van der Waals surface area contributed by atoms with Crippen LogP contribution in [0.5, 0.6) is 0 Å². The molecule has 6 heteroatoms. The molecule has 0 fully saturated rings. The number of ether oxygens (including phenoxy) is 1. The van der Waals surface area contributed by atoms with E-state index in [1.54, 1.807) is 0 Å². The Kier molecular flexibility index (Phi) is 5.45. The summed E-state index contributed by atoms with van der Waals surface area (Å²) in [6, 6.07) is 9.65. The Morgan fingerprint density at radius 1 is 1.33 bits per heavy atom. The Labute approximate surface area is 123 Å². The lowest BCUT2D eigenvalue weighted by atomic mass is 10.2. The van der Waals surface area contributed by atoms with Gasteiger partial charge in [-0.05, 0) is 32.1 Å². The maximum Gasteiger partial charge on any atom is 0.305 e. The summed E-state index contributed by atoms with van der Waals surface area (Å²) in [4.78, 5) is 17.4. The number of rotatable bonds is 7. The van der Waals surface area contributed by atoms with Gasteiger partial charge in [0.05, 0.1) is 13.7 Å². The van der Waals surface area contributed by atoms with Gasteiger partial charge in [-0.15, -0.1) is 0 Å². The predicted octanol–water partition coefficient (Wildman–Crippen LogP) is 2.12. The Morgan fingerprint density at radius 2 is 2.10 bits per heavy atom. The van der Waals surface area contributed by atoms with Crippen LogP contribution in [0.4, 0.5) is 0 Å². The van der Waals surface area contributed by atoms with Gasteiger partial charge in [0.1, 0.15) is 0 Å². The first-order chi connectivity index (χ1) is 10.2. The van der Waals surface area contributed by atoms with Crippen LogP contribution in [0.3, 0.4) is 0 Å². The monoisotopic (exact) mass is 289 g/mol. The number of carbonyl (C=O) groups excluding carboxylic acids is 1. The third-order valence-corrected chi connectivity index (χ3v) is 3.05. The second-order valence-electron chi connectivity index (χ2n) is 4.80. The van der Waals surface area contributed by atoms with Crippen molar-refractivity contribution >= 4 is 5.97 Å². The van der Waals surface area contributed by atoms with Crippen LogP contribution in [0.1, 0.15) is 18.7 Å². The van der Waals surface area contributed by atoms with Crippen LogP contribution < -0.4 is 0 Å². The van der Waals surface area contributed by atoms with Crippen molar-refractivity contribution in [3.8, 4) is 11.5 Å². The van der Waals surface area contributed by atoms with Crippen LogP contribution >= 0.6 is 0 Å². The molecule has 6 nitrogen and oxygen atoms in total. The van der Waals surface area contributed by atoms with Gasteiger partial charge in [0, 0.05) is 12.0 Å². The zero-order chi connectivity index (χ0) is 15.1. The van der Waals surface area contributed by atoms with Crippen molar-refractivity contribution in [2.75, 3.05) is 20.7 Å². The highest BCUT2D eigenvalue weighted by Gasteiger charge is 2.10. The highest BCUT2D eigenvalue weighted by atomic mass is 16.5. The van der Waals surface area contributed by atoms with E-state index >= 15 is 0 Å². The Balaban J connectivity index is 1.83. The molecule has 0 saturated heterocycles. The van der Waals surface area contributed by atoms with E-state index < -0.39 is 0 Å². The highest BCUT2D eigenvalue weighted by Crippen LogP contribution is 2.16. The van der Waals surface area contributed by atoms with Crippen LogP contribution in [0.25, 0.3) is 11.5 Å². The van der Waals surface area contributed by atoms with E-state index in [0.29, 0.717) is 24.7 Å². The normalized spacial score (nSPS) is 10.8. The van der Waals surface area contributed by atoms with Crippen LogP contribution in [-0.2, 0) is 16.1 Å². The molecule has 0 amide bonds. The SMILES string of the molecule is COC(=O)CCCN(C)Cc1noc(-c2ccccc2)n1. The number of benzene rings is 1. The fourth-order valence-corrected chi connectivity index (χ4v) is 1.93. The second kappa shape index (κ2) is 7.54. The maximum atomic E-state index is 11.0. The van der Waals surface area contributed by atoms with E-state index in [-0.39, 0.29) is 5.97 Å². The molecular formula is C15H19N3O3. The smallest absolute Gasteiger partial charge is 0.305 e. The molecule has 0 unspecified atom stereocenters. The zero-order valence-electron chi connectivity index (χ0n) is 12.3. The fourth-order valence-electron chi connectivity index (χ4n) is 1.93. The average molecular weight is 289 g/mol. The molecular weight excluding hydrogens is 270 g/mol. The minimum Gasteiger partial charge on any atom is -0.469 e. The van der Waals surface area contributed by atoms with Gasteiger partial charge in [-0.2, -0.15) is 4.98 Å². The maximum absolute atomic E-state index is 11.0. The molecule has 1 aromatic heterocycles. The molecule has 0 aliphatic heterocycles. The molecule has 0 spiro atoms. The van der Waals surface area contributed by atoms with Crippen molar-refractivity contribution in [2.45, 2.75) is 19.4 Å². The lowest BCUT2D eigenvalue weighted by molar-refractivity contribution is -0.140. The van der Waals surface area contributed by atoms with Gasteiger partial charge in [0.25, 0.3) is 5.89 Å². The zero-order valence-corrected chi connectivity index (χ0v) is 12.3. The highest BCUT2D eigenvalue weighted by molar-refractivity contribution is 5.69. The standard InChI is InChI=1S/C15H19N3O3/c1-18(10-6-9-14(19)20-2)11-13-16-15(21-17-13)12-7-4-3-5-8-12/h3-5,7-8H,6,9-11H2,1-2H3. The number of hydrogen-bond acceptors (Lipinski definition) is 6. The molecule has 0 N–H and O–H groups in total. The third kappa shape index (κ3) is 4.68. The molecule has 1 aromatic carbocycles. The van der Waals surface area contributed by atoms with E-state index in [9.17, 15) is 4.79 Å². The molecule has 0 aliphatic rings. The number of nitrogens with zero attached hydrogens (tertiary/aromatic N) is 3. The Bertz CT molecular complexity index is 569. The summed E-state index contributed by atoms with van der Waals surface area (Å²) in [6.45, 7) is 1.35. The second-order valence-corrected chi connectivity index (χ2v) is 4.80. The largest absolute Gasteiger partial charge is 0.469 e. The van der Waals surface area contributed by atoms with E-state index in [1.807, 2.05) is 42.3 Å². The molecule has 0 bridgehead atoms. The summed E-state index contributed by atoms with van der Waals surface area (Å²) in [5, 5.41) is 3.97. The lowest BCUT2D eigenvalue weighted by Crippen LogP contribution is -2.20. The molecule has 0 aliphatic carbocycles. The quantitative estimate of drug-likeness (QED) is 0.727.